The lowest BCUT2D eigenvalue weighted by atomic mass is 10.2. The molecule has 1 atom stereocenters. The van der Waals surface area contributed by atoms with Crippen LogP contribution in [-0.2, 0) is 9.16 Å². The van der Waals surface area contributed by atoms with E-state index in [4.69, 9.17) is 9.16 Å². The first-order chi connectivity index (χ1) is 12.0. The molecule has 2 aromatic rings. The first-order valence-electron chi connectivity index (χ1n) is 9.41. The van der Waals surface area contributed by atoms with Gasteiger partial charge >= 0.3 is 0 Å². The summed E-state index contributed by atoms with van der Waals surface area (Å²) in [7, 11) is -2.34. The van der Waals surface area contributed by atoms with E-state index in [1.165, 1.54) is 23.2 Å². The lowest BCUT2D eigenvalue weighted by Crippen LogP contribution is -2.66. The van der Waals surface area contributed by atoms with E-state index in [-0.39, 0.29) is 5.04 Å². The summed E-state index contributed by atoms with van der Waals surface area (Å²) in [6.45, 7) is 8.77. The molecule has 2 aromatic carbocycles. The third-order valence-corrected chi connectivity index (χ3v) is 10.1. The SMILES string of the molecule is CC(C)(C)[Si](OCCCC[C@H]1CO1)(c1ccccc1)c1ccccc1. The number of epoxide rings is 1. The molecule has 0 N–H and O–H groups in total. The molecule has 0 aliphatic carbocycles. The lowest BCUT2D eigenvalue weighted by molar-refractivity contribution is 0.283. The Morgan fingerprint density at radius 2 is 1.44 bits per heavy atom. The molecule has 0 bridgehead atoms. The van der Waals surface area contributed by atoms with Gasteiger partial charge in [0, 0.05) is 6.61 Å². The average Bonchev–Trinajstić information content (AvgIpc) is 3.43. The van der Waals surface area contributed by atoms with E-state index in [0.717, 1.165) is 19.6 Å². The van der Waals surface area contributed by atoms with E-state index in [1.807, 2.05) is 0 Å². The van der Waals surface area contributed by atoms with E-state index >= 15 is 0 Å². The Kier molecular flexibility index (Phi) is 5.77. The third-order valence-electron chi connectivity index (χ3n) is 5.06. The summed E-state index contributed by atoms with van der Waals surface area (Å²) in [5.74, 6) is 0. The van der Waals surface area contributed by atoms with Gasteiger partial charge in [0.1, 0.15) is 0 Å². The van der Waals surface area contributed by atoms with Gasteiger partial charge in [-0.25, -0.2) is 0 Å². The number of hydrogen-bond acceptors (Lipinski definition) is 2. The molecule has 25 heavy (non-hydrogen) atoms. The Morgan fingerprint density at radius 3 is 1.88 bits per heavy atom. The van der Waals surface area contributed by atoms with Gasteiger partial charge in [-0.15, -0.1) is 0 Å². The van der Waals surface area contributed by atoms with Crippen molar-refractivity contribution in [1.29, 1.82) is 0 Å². The Morgan fingerprint density at radius 1 is 0.920 bits per heavy atom. The fraction of sp³-hybridized carbons (Fsp3) is 0.455. The normalized spacial score (nSPS) is 17.5. The lowest BCUT2D eigenvalue weighted by Gasteiger charge is -2.43. The number of hydrogen-bond donors (Lipinski definition) is 0. The van der Waals surface area contributed by atoms with Crippen LogP contribution in [0.15, 0.2) is 60.7 Å². The van der Waals surface area contributed by atoms with Gasteiger partial charge in [0.25, 0.3) is 8.32 Å². The minimum Gasteiger partial charge on any atom is -0.407 e. The van der Waals surface area contributed by atoms with E-state index in [1.54, 1.807) is 0 Å². The van der Waals surface area contributed by atoms with E-state index < -0.39 is 8.32 Å². The summed E-state index contributed by atoms with van der Waals surface area (Å²) < 4.78 is 12.2. The Labute approximate surface area is 153 Å². The van der Waals surface area contributed by atoms with Crippen LogP contribution in [0.2, 0.25) is 5.04 Å². The van der Waals surface area contributed by atoms with Crippen LogP contribution in [0, 0.1) is 0 Å². The molecule has 1 aliphatic rings. The van der Waals surface area contributed by atoms with Crippen LogP contribution in [0.4, 0.5) is 0 Å². The second-order valence-corrected chi connectivity index (χ2v) is 12.3. The second-order valence-electron chi connectivity index (χ2n) is 7.96. The largest absolute Gasteiger partial charge is 0.407 e. The highest BCUT2D eigenvalue weighted by Gasteiger charge is 2.49. The highest BCUT2D eigenvalue weighted by Crippen LogP contribution is 2.36. The van der Waals surface area contributed by atoms with Crippen LogP contribution in [0.1, 0.15) is 40.0 Å². The second kappa shape index (κ2) is 7.86. The molecule has 0 aromatic heterocycles. The highest BCUT2D eigenvalue weighted by molar-refractivity contribution is 6.99. The van der Waals surface area contributed by atoms with Gasteiger partial charge < -0.3 is 9.16 Å². The molecule has 1 heterocycles. The molecule has 0 radical (unpaired) electrons. The highest BCUT2D eigenvalue weighted by atomic mass is 28.4. The topological polar surface area (TPSA) is 21.8 Å². The fourth-order valence-corrected chi connectivity index (χ4v) is 8.30. The molecule has 1 aliphatic heterocycles. The maximum absolute atomic E-state index is 6.87. The summed E-state index contributed by atoms with van der Waals surface area (Å²) in [5.41, 5.74) is 0. The third kappa shape index (κ3) is 4.22. The van der Waals surface area contributed by atoms with Crippen molar-refractivity contribution in [2.24, 2.45) is 0 Å². The Hall–Kier alpha value is -1.42. The van der Waals surface area contributed by atoms with E-state index in [0.29, 0.717) is 6.10 Å². The van der Waals surface area contributed by atoms with Crippen molar-refractivity contribution in [3.05, 3.63) is 60.7 Å². The van der Waals surface area contributed by atoms with Crippen molar-refractivity contribution in [2.75, 3.05) is 13.2 Å². The van der Waals surface area contributed by atoms with Crippen LogP contribution in [-0.4, -0.2) is 27.6 Å². The summed E-state index contributed by atoms with van der Waals surface area (Å²) in [5, 5.41) is 2.79. The van der Waals surface area contributed by atoms with Crippen molar-refractivity contribution in [3.8, 4) is 0 Å². The molecule has 134 valence electrons. The maximum Gasteiger partial charge on any atom is 0.261 e. The average molecular weight is 355 g/mol. The smallest absolute Gasteiger partial charge is 0.261 e. The maximum atomic E-state index is 6.87. The van der Waals surface area contributed by atoms with Gasteiger partial charge in [-0.3, -0.25) is 0 Å². The predicted octanol–water partition coefficient (Wildman–Crippen LogP) is 4.13. The van der Waals surface area contributed by atoms with Gasteiger partial charge in [-0.1, -0.05) is 81.4 Å². The van der Waals surface area contributed by atoms with Crippen LogP contribution >= 0.6 is 0 Å². The van der Waals surface area contributed by atoms with Gasteiger partial charge in [-0.2, -0.15) is 0 Å². The fourth-order valence-electron chi connectivity index (χ4n) is 3.70. The van der Waals surface area contributed by atoms with Crippen molar-refractivity contribution in [3.63, 3.8) is 0 Å². The van der Waals surface area contributed by atoms with E-state index in [9.17, 15) is 0 Å². The number of rotatable bonds is 8. The summed E-state index contributed by atoms with van der Waals surface area (Å²) in [4.78, 5) is 0. The van der Waals surface area contributed by atoms with Gasteiger partial charge in [-0.05, 0) is 34.7 Å². The van der Waals surface area contributed by atoms with Gasteiger partial charge in [0.05, 0.1) is 12.7 Å². The van der Waals surface area contributed by atoms with Crippen molar-refractivity contribution in [1.82, 2.24) is 0 Å². The van der Waals surface area contributed by atoms with Gasteiger partial charge in [0.15, 0.2) is 0 Å². The Bertz CT molecular complexity index is 605. The van der Waals surface area contributed by atoms with Crippen molar-refractivity contribution >= 4 is 18.7 Å². The predicted molar refractivity (Wildman–Crippen MR) is 107 cm³/mol. The summed E-state index contributed by atoms with van der Waals surface area (Å²) in [6.07, 6.45) is 3.98. The zero-order chi connectivity index (χ0) is 17.8. The summed E-state index contributed by atoms with van der Waals surface area (Å²) in [6, 6.07) is 21.7. The molecular weight excluding hydrogens is 324 g/mol. The molecular formula is C22H30O2Si. The standard InChI is InChI=1S/C22H30O2Si/c1-22(2,3)25(20-13-6-4-7-14-20,21-15-8-5-9-16-21)24-17-11-10-12-19-18-23-19/h4-9,13-16,19H,10-12,17-18H2,1-3H3/t19-/m0/s1. The molecule has 0 spiro atoms. The quantitative estimate of drug-likeness (QED) is 0.404. The minimum absolute atomic E-state index is 0.0648. The zero-order valence-electron chi connectivity index (χ0n) is 15.7. The summed E-state index contributed by atoms with van der Waals surface area (Å²) >= 11 is 0. The van der Waals surface area contributed by atoms with Crippen LogP contribution in [0.25, 0.3) is 0 Å². The zero-order valence-corrected chi connectivity index (χ0v) is 16.7. The minimum atomic E-state index is -2.34. The number of ether oxygens (including phenoxy) is 1. The molecule has 1 saturated heterocycles. The monoisotopic (exact) mass is 354 g/mol. The van der Waals surface area contributed by atoms with Crippen LogP contribution in [0.3, 0.4) is 0 Å². The molecule has 2 nitrogen and oxygen atoms in total. The molecule has 0 unspecified atom stereocenters. The van der Waals surface area contributed by atoms with Crippen LogP contribution in [0.5, 0.6) is 0 Å². The van der Waals surface area contributed by atoms with Crippen LogP contribution < -0.4 is 10.4 Å². The van der Waals surface area contributed by atoms with Gasteiger partial charge in [0.2, 0.25) is 0 Å². The molecule has 3 heteroatoms. The molecule has 1 fully saturated rings. The first kappa shape index (κ1) is 18.4. The Balaban J connectivity index is 1.88. The first-order valence-corrected chi connectivity index (χ1v) is 11.3. The number of unbranched alkanes of at least 4 members (excludes halogenated alkanes) is 1. The molecule has 3 rings (SSSR count). The number of benzene rings is 2. The molecule has 0 saturated carbocycles. The van der Waals surface area contributed by atoms with Crippen molar-refractivity contribution < 1.29 is 9.16 Å². The molecule has 0 amide bonds. The van der Waals surface area contributed by atoms with E-state index in [2.05, 4.69) is 81.4 Å². The van der Waals surface area contributed by atoms with Crippen molar-refractivity contribution in [2.45, 2.75) is 51.2 Å².